The molecule has 0 aromatic heterocycles. The summed E-state index contributed by atoms with van der Waals surface area (Å²) in [7, 11) is 0. The Labute approximate surface area is 128 Å². The zero-order valence-corrected chi connectivity index (χ0v) is 12.9. The van der Waals surface area contributed by atoms with Crippen molar-refractivity contribution >= 4 is 29.0 Å². The Morgan fingerprint density at radius 2 is 2.05 bits per heavy atom. The average molecular weight is 299 g/mol. The van der Waals surface area contributed by atoms with Crippen LogP contribution in [0.4, 0.5) is 4.79 Å². The molecule has 2 rings (SSSR count). The molecule has 0 unspecified atom stereocenters. The summed E-state index contributed by atoms with van der Waals surface area (Å²) < 4.78 is 0. The quantitative estimate of drug-likeness (QED) is 0.669. The van der Waals surface area contributed by atoms with Gasteiger partial charge < -0.3 is 0 Å². The molecule has 1 aromatic rings. The van der Waals surface area contributed by atoms with Crippen molar-refractivity contribution in [3.05, 3.63) is 64.1 Å². The first-order valence-corrected chi connectivity index (χ1v) is 7.60. The van der Waals surface area contributed by atoms with E-state index < -0.39 is 0 Å². The molecule has 3 nitrogen and oxygen atoms in total. The summed E-state index contributed by atoms with van der Waals surface area (Å²) in [4.78, 5) is 23.3. The van der Waals surface area contributed by atoms with Gasteiger partial charge >= 0.3 is 0 Å². The van der Waals surface area contributed by atoms with Crippen molar-refractivity contribution in [1.82, 2.24) is 5.32 Å². The van der Waals surface area contributed by atoms with Crippen molar-refractivity contribution in [3.8, 4) is 0 Å². The molecule has 0 saturated carbocycles. The lowest BCUT2D eigenvalue weighted by Crippen LogP contribution is -2.17. The summed E-state index contributed by atoms with van der Waals surface area (Å²) in [5, 5.41) is 1.95. The molecular formula is C17H17NO2S. The first-order chi connectivity index (χ1) is 10.1. The lowest BCUT2D eigenvalue weighted by atomic mass is 10.0. The monoisotopic (exact) mass is 299 g/mol. The Bertz CT molecular complexity index is 657. The van der Waals surface area contributed by atoms with Crippen molar-refractivity contribution in [2.75, 3.05) is 0 Å². The highest BCUT2D eigenvalue weighted by Gasteiger charge is 2.24. The summed E-state index contributed by atoms with van der Waals surface area (Å²) in [6.45, 7) is 4.09. The van der Waals surface area contributed by atoms with Crippen molar-refractivity contribution in [2.24, 2.45) is 0 Å². The lowest BCUT2D eigenvalue weighted by Gasteiger charge is -2.02. The van der Waals surface area contributed by atoms with E-state index in [1.54, 1.807) is 6.08 Å². The second kappa shape index (κ2) is 7.09. The van der Waals surface area contributed by atoms with Gasteiger partial charge in [-0.3, -0.25) is 14.9 Å². The van der Waals surface area contributed by atoms with E-state index >= 15 is 0 Å². The van der Waals surface area contributed by atoms with Crippen LogP contribution in [-0.4, -0.2) is 11.1 Å². The molecule has 0 bridgehead atoms. The van der Waals surface area contributed by atoms with Crippen LogP contribution in [0, 0.1) is 6.92 Å². The van der Waals surface area contributed by atoms with Crippen LogP contribution in [0.3, 0.4) is 0 Å². The van der Waals surface area contributed by atoms with Gasteiger partial charge in [0.1, 0.15) is 0 Å². The van der Waals surface area contributed by atoms with Gasteiger partial charge in [-0.25, -0.2) is 0 Å². The van der Waals surface area contributed by atoms with Crippen LogP contribution in [0.1, 0.15) is 24.5 Å². The number of thioether (sulfide) groups is 1. The van der Waals surface area contributed by atoms with Crippen molar-refractivity contribution in [2.45, 2.75) is 20.3 Å². The van der Waals surface area contributed by atoms with Crippen LogP contribution in [0.15, 0.2) is 53.0 Å². The van der Waals surface area contributed by atoms with Crippen LogP contribution in [-0.2, 0) is 4.79 Å². The molecule has 1 heterocycles. The summed E-state index contributed by atoms with van der Waals surface area (Å²) in [5.74, 6) is -0.328. The molecule has 0 aliphatic carbocycles. The molecule has 1 aliphatic rings. The van der Waals surface area contributed by atoms with Crippen LogP contribution >= 0.6 is 11.8 Å². The molecule has 4 heteroatoms. The number of aryl methyl sites for hydroxylation is 1. The Balaban J connectivity index is 2.38. The predicted molar refractivity (Wildman–Crippen MR) is 87.8 cm³/mol. The number of imide groups is 1. The van der Waals surface area contributed by atoms with Gasteiger partial charge in [0.2, 0.25) is 0 Å². The number of allylic oxidation sites excluding steroid dienone is 4. The molecule has 1 aromatic carbocycles. The zero-order valence-electron chi connectivity index (χ0n) is 12.1. The fraction of sp³-hybridized carbons (Fsp3) is 0.176. The SMILES string of the molecule is CC/C=C/C(/C=C1\SC(=O)NC1=O)=C\c1ccccc1C. The van der Waals surface area contributed by atoms with Gasteiger partial charge in [-0.15, -0.1) is 0 Å². The molecule has 1 saturated heterocycles. The van der Waals surface area contributed by atoms with Crippen molar-refractivity contribution in [3.63, 3.8) is 0 Å². The second-order valence-electron chi connectivity index (χ2n) is 4.66. The maximum Gasteiger partial charge on any atom is 0.290 e. The number of hydrogen-bond acceptors (Lipinski definition) is 3. The minimum Gasteiger partial charge on any atom is -0.282 e. The third kappa shape index (κ3) is 4.20. The third-order valence-corrected chi connectivity index (χ3v) is 3.81. The molecule has 0 radical (unpaired) electrons. The molecule has 0 spiro atoms. The van der Waals surface area contributed by atoms with E-state index in [9.17, 15) is 9.59 Å². The number of amides is 2. The van der Waals surface area contributed by atoms with E-state index in [1.807, 2.05) is 49.4 Å². The Hall–Kier alpha value is -2.07. The fourth-order valence-corrected chi connectivity index (χ4v) is 2.57. The number of carbonyl (C=O) groups is 2. The molecule has 1 fully saturated rings. The van der Waals surface area contributed by atoms with Crippen molar-refractivity contribution < 1.29 is 9.59 Å². The second-order valence-corrected chi connectivity index (χ2v) is 5.68. The van der Waals surface area contributed by atoms with E-state index in [0.29, 0.717) is 4.91 Å². The topological polar surface area (TPSA) is 46.2 Å². The number of carbonyl (C=O) groups excluding carboxylic acids is 2. The minimum atomic E-state index is -0.328. The Kier molecular flexibility index (Phi) is 5.17. The number of hydrogen-bond donors (Lipinski definition) is 1. The van der Waals surface area contributed by atoms with Gasteiger partial charge in [0, 0.05) is 0 Å². The fourth-order valence-electron chi connectivity index (χ4n) is 1.89. The van der Waals surface area contributed by atoms with E-state index in [4.69, 9.17) is 0 Å². The van der Waals surface area contributed by atoms with Crippen molar-refractivity contribution in [1.29, 1.82) is 0 Å². The normalized spacial score (nSPS) is 17.8. The number of nitrogens with one attached hydrogen (secondary N) is 1. The van der Waals surface area contributed by atoms with Crippen LogP contribution in [0.5, 0.6) is 0 Å². The highest BCUT2D eigenvalue weighted by Crippen LogP contribution is 2.25. The van der Waals surface area contributed by atoms with Gasteiger partial charge in [0.15, 0.2) is 0 Å². The number of rotatable bonds is 4. The maximum absolute atomic E-state index is 11.6. The molecule has 21 heavy (non-hydrogen) atoms. The molecule has 1 N–H and O–H groups in total. The molecule has 108 valence electrons. The Morgan fingerprint density at radius 1 is 1.29 bits per heavy atom. The highest BCUT2D eigenvalue weighted by atomic mass is 32.2. The van der Waals surface area contributed by atoms with Gasteiger partial charge in [0.25, 0.3) is 11.1 Å². The Morgan fingerprint density at radius 3 is 2.67 bits per heavy atom. The van der Waals surface area contributed by atoms with E-state index in [1.165, 1.54) is 0 Å². The third-order valence-electron chi connectivity index (χ3n) is 3.00. The van der Waals surface area contributed by atoms with E-state index in [-0.39, 0.29) is 11.1 Å². The zero-order chi connectivity index (χ0) is 15.2. The van der Waals surface area contributed by atoms with Gasteiger partial charge in [-0.1, -0.05) is 43.3 Å². The summed E-state index contributed by atoms with van der Waals surface area (Å²) >= 11 is 0.937. The van der Waals surface area contributed by atoms with Crippen LogP contribution in [0.2, 0.25) is 0 Å². The number of benzene rings is 1. The first-order valence-electron chi connectivity index (χ1n) is 6.79. The molecular weight excluding hydrogens is 282 g/mol. The predicted octanol–water partition coefficient (Wildman–Crippen LogP) is 4.21. The molecule has 0 atom stereocenters. The van der Waals surface area contributed by atoms with Crippen LogP contribution in [0.25, 0.3) is 6.08 Å². The smallest absolute Gasteiger partial charge is 0.282 e. The maximum atomic E-state index is 11.6. The minimum absolute atomic E-state index is 0.319. The van der Waals surface area contributed by atoms with Gasteiger partial charge in [-0.2, -0.15) is 0 Å². The summed E-state index contributed by atoms with van der Waals surface area (Å²) in [6.07, 6.45) is 8.68. The van der Waals surface area contributed by atoms with Gasteiger partial charge in [0.05, 0.1) is 4.91 Å². The highest BCUT2D eigenvalue weighted by molar-refractivity contribution is 8.18. The van der Waals surface area contributed by atoms with Crippen LogP contribution < -0.4 is 5.32 Å². The van der Waals surface area contributed by atoms with E-state index in [2.05, 4.69) is 12.2 Å². The summed E-state index contributed by atoms with van der Waals surface area (Å²) in [6, 6.07) is 8.04. The molecule has 1 aliphatic heterocycles. The lowest BCUT2D eigenvalue weighted by molar-refractivity contribution is -0.115. The average Bonchev–Trinajstić information content (AvgIpc) is 2.76. The largest absolute Gasteiger partial charge is 0.290 e. The van der Waals surface area contributed by atoms with E-state index in [0.717, 1.165) is 34.9 Å². The van der Waals surface area contributed by atoms with Gasteiger partial charge in [-0.05, 0) is 54.0 Å². The summed E-state index contributed by atoms with van der Waals surface area (Å²) in [5.41, 5.74) is 3.16. The first kappa shape index (κ1) is 15.3. The standard InChI is InChI=1S/C17H17NO2S/c1-3-4-8-13(10-14-9-6-5-7-12(14)2)11-15-16(19)18-17(20)21-15/h4-11H,3H2,1-2H3,(H,18,19,20)/b8-4+,13-10+,15-11-. The molecule has 2 amide bonds.